The standard InChI is InChI=1S/C39H46N2O/c1-6-23-39(24-7-2)36-17-9-8-14-34(36)35-16-11-15-33(37(35)39)31-26-40-38(41-27-31)30-18-20-32(21-19-30)42-25-22-29(5)13-10-12-28(3)4/h8-9,11-12,14-21,26-27,29H,6-7,10,13,22-25H2,1-5H3/t29-/m0/s1. The van der Waals surface area contributed by atoms with Gasteiger partial charge in [0, 0.05) is 28.9 Å². The van der Waals surface area contributed by atoms with Crippen molar-refractivity contribution in [2.75, 3.05) is 6.61 Å². The molecule has 0 spiro atoms. The van der Waals surface area contributed by atoms with E-state index in [9.17, 15) is 0 Å². The second-order valence-electron chi connectivity index (χ2n) is 12.3. The van der Waals surface area contributed by atoms with Gasteiger partial charge in [-0.3, -0.25) is 0 Å². The van der Waals surface area contributed by atoms with Gasteiger partial charge in [0.1, 0.15) is 5.75 Å². The van der Waals surface area contributed by atoms with Gasteiger partial charge in [0.15, 0.2) is 5.82 Å². The Morgan fingerprint density at radius 3 is 2.14 bits per heavy atom. The van der Waals surface area contributed by atoms with Gasteiger partial charge in [-0.25, -0.2) is 9.97 Å². The Bertz CT molecular complexity index is 1490. The van der Waals surface area contributed by atoms with Gasteiger partial charge in [0.25, 0.3) is 0 Å². The molecule has 0 N–H and O–H groups in total. The Morgan fingerprint density at radius 2 is 1.45 bits per heavy atom. The number of fused-ring (bicyclic) bond motifs is 3. The molecule has 0 unspecified atom stereocenters. The summed E-state index contributed by atoms with van der Waals surface area (Å²) in [6, 6.07) is 24.0. The zero-order chi connectivity index (χ0) is 29.5. The molecule has 1 heterocycles. The lowest BCUT2D eigenvalue weighted by Crippen LogP contribution is -2.25. The number of nitrogens with zero attached hydrogens (tertiary/aromatic N) is 2. The summed E-state index contributed by atoms with van der Waals surface area (Å²) in [6.07, 6.45) is 14.3. The van der Waals surface area contributed by atoms with Crippen LogP contribution in [0.3, 0.4) is 0 Å². The van der Waals surface area contributed by atoms with Crippen LogP contribution in [-0.4, -0.2) is 16.6 Å². The molecule has 3 heteroatoms. The Labute approximate surface area is 253 Å². The lowest BCUT2D eigenvalue weighted by Gasteiger charge is -2.33. The van der Waals surface area contributed by atoms with Crippen LogP contribution in [0.5, 0.6) is 5.75 Å². The Morgan fingerprint density at radius 1 is 0.786 bits per heavy atom. The van der Waals surface area contributed by atoms with E-state index in [1.54, 1.807) is 0 Å². The highest BCUT2D eigenvalue weighted by atomic mass is 16.5. The van der Waals surface area contributed by atoms with Crippen LogP contribution in [0.25, 0.3) is 33.6 Å². The van der Waals surface area contributed by atoms with E-state index in [1.807, 2.05) is 24.5 Å². The zero-order valence-electron chi connectivity index (χ0n) is 26.1. The van der Waals surface area contributed by atoms with Crippen molar-refractivity contribution in [3.8, 4) is 39.4 Å². The molecule has 0 bridgehead atoms. The van der Waals surface area contributed by atoms with E-state index in [-0.39, 0.29) is 5.41 Å². The van der Waals surface area contributed by atoms with Crippen molar-refractivity contribution in [3.05, 3.63) is 102 Å². The molecule has 1 aromatic heterocycles. The summed E-state index contributed by atoms with van der Waals surface area (Å²) in [5, 5.41) is 0. The average Bonchev–Trinajstić information content (AvgIpc) is 3.27. The lowest BCUT2D eigenvalue weighted by molar-refractivity contribution is 0.279. The van der Waals surface area contributed by atoms with E-state index < -0.39 is 0 Å². The summed E-state index contributed by atoms with van der Waals surface area (Å²) in [5.74, 6) is 2.29. The number of allylic oxidation sites excluding steroid dienone is 2. The van der Waals surface area contributed by atoms with Crippen LogP contribution < -0.4 is 4.74 Å². The molecule has 1 aliphatic carbocycles. The fourth-order valence-corrected chi connectivity index (χ4v) is 6.80. The third-order valence-electron chi connectivity index (χ3n) is 8.80. The second-order valence-corrected chi connectivity index (χ2v) is 12.3. The summed E-state index contributed by atoms with van der Waals surface area (Å²) in [5.41, 5.74) is 10.5. The van der Waals surface area contributed by atoms with E-state index in [4.69, 9.17) is 14.7 Å². The number of ether oxygens (including phenoxy) is 1. The van der Waals surface area contributed by atoms with Gasteiger partial charge in [-0.05, 0) is 104 Å². The lowest BCUT2D eigenvalue weighted by atomic mass is 9.69. The maximum absolute atomic E-state index is 6.04. The summed E-state index contributed by atoms with van der Waals surface area (Å²) in [6.45, 7) is 12.0. The SMILES string of the molecule is CCCC1(CCC)c2ccccc2-c2cccc(-c3cnc(-c4ccc(OCC[C@@H](C)CCC=C(C)C)cc4)nc3)c21. The van der Waals surface area contributed by atoms with Crippen LogP contribution >= 0.6 is 0 Å². The predicted octanol–water partition coefficient (Wildman–Crippen LogP) is 10.8. The highest BCUT2D eigenvalue weighted by molar-refractivity contribution is 5.88. The van der Waals surface area contributed by atoms with Gasteiger partial charge in [-0.2, -0.15) is 0 Å². The molecule has 3 nitrogen and oxygen atoms in total. The third kappa shape index (κ3) is 6.21. The number of aromatic nitrogens is 2. The van der Waals surface area contributed by atoms with E-state index >= 15 is 0 Å². The Hall–Kier alpha value is -3.72. The van der Waals surface area contributed by atoms with Crippen LogP contribution in [0.4, 0.5) is 0 Å². The molecule has 218 valence electrons. The topological polar surface area (TPSA) is 35.0 Å². The summed E-state index contributed by atoms with van der Waals surface area (Å²) in [4.78, 5) is 9.68. The molecule has 4 aromatic rings. The van der Waals surface area contributed by atoms with E-state index in [0.717, 1.165) is 67.8 Å². The van der Waals surface area contributed by atoms with Crippen molar-refractivity contribution in [1.29, 1.82) is 0 Å². The molecule has 0 saturated carbocycles. The van der Waals surface area contributed by atoms with Crippen molar-refractivity contribution in [2.24, 2.45) is 5.92 Å². The molecular formula is C39H46N2O. The Balaban J connectivity index is 1.33. The molecular weight excluding hydrogens is 512 g/mol. The molecule has 42 heavy (non-hydrogen) atoms. The summed E-state index contributed by atoms with van der Waals surface area (Å²) < 4.78 is 6.04. The minimum Gasteiger partial charge on any atom is -0.494 e. The fraction of sp³-hybridized carbons (Fsp3) is 0.385. The normalized spacial score (nSPS) is 13.7. The predicted molar refractivity (Wildman–Crippen MR) is 177 cm³/mol. The summed E-state index contributed by atoms with van der Waals surface area (Å²) in [7, 11) is 0. The van der Waals surface area contributed by atoms with Crippen LogP contribution in [0, 0.1) is 5.92 Å². The monoisotopic (exact) mass is 558 g/mol. The van der Waals surface area contributed by atoms with Crippen molar-refractivity contribution in [2.45, 2.75) is 85.0 Å². The van der Waals surface area contributed by atoms with Crippen molar-refractivity contribution in [3.63, 3.8) is 0 Å². The smallest absolute Gasteiger partial charge is 0.159 e. The van der Waals surface area contributed by atoms with Gasteiger partial charge in [0.05, 0.1) is 6.61 Å². The number of rotatable bonds is 13. The van der Waals surface area contributed by atoms with Crippen LogP contribution in [0.1, 0.15) is 90.7 Å². The van der Waals surface area contributed by atoms with Crippen molar-refractivity contribution >= 4 is 0 Å². The molecule has 5 rings (SSSR count). The van der Waals surface area contributed by atoms with Crippen molar-refractivity contribution in [1.82, 2.24) is 9.97 Å². The van der Waals surface area contributed by atoms with Gasteiger partial charge in [-0.1, -0.05) is 87.7 Å². The molecule has 0 fully saturated rings. The molecule has 0 saturated heterocycles. The minimum atomic E-state index is 0.0317. The first-order valence-corrected chi connectivity index (χ1v) is 15.9. The molecule has 1 aliphatic rings. The second kappa shape index (κ2) is 13.5. The maximum atomic E-state index is 6.04. The quantitative estimate of drug-likeness (QED) is 0.153. The summed E-state index contributed by atoms with van der Waals surface area (Å²) >= 11 is 0. The number of benzene rings is 3. The first kappa shape index (κ1) is 29.8. The molecule has 0 amide bonds. The first-order chi connectivity index (χ1) is 20.5. The number of hydrogen-bond donors (Lipinski definition) is 0. The van der Waals surface area contributed by atoms with Crippen molar-refractivity contribution < 1.29 is 4.74 Å². The molecule has 1 atom stereocenters. The fourth-order valence-electron chi connectivity index (χ4n) is 6.80. The highest BCUT2D eigenvalue weighted by Gasteiger charge is 2.43. The molecule has 3 aromatic carbocycles. The number of hydrogen-bond acceptors (Lipinski definition) is 3. The minimum absolute atomic E-state index is 0.0317. The largest absolute Gasteiger partial charge is 0.494 e. The van der Waals surface area contributed by atoms with E-state index in [1.165, 1.54) is 39.8 Å². The van der Waals surface area contributed by atoms with Gasteiger partial charge in [0.2, 0.25) is 0 Å². The molecule has 0 radical (unpaired) electrons. The average molecular weight is 559 g/mol. The van der Waals surface area contributed by atoms with Crippen LogP contribution in [-0.2, 0) is 5.41 Å². The zero-order valence-corrected chi connectivity index (χ0v) is 26.1. The molecule has 0 aliphatic heterocycles. The van der Waals surface area contributed by atoms with Gasteiger partial charge in [-0.15, -0.1) is 0 Å². The highest BCUT2D eigenvalue weighted by Crippen LogP contribution is 2.56. The maximum Gasteiger partial charge on any atom is 0.159 e. The van der Waals surface area contributed by atoms with E-state index in [2.05, 4.69) is 95.3 Å². The van der Waals surface area contributed by atoms with Crippen LogP contribution in [0.2, 0.25) is 0 Å². The van der Waals surface area contributed by atoms with Crippen LogP contribution in [0.15, 0.2) is 90.8 Å². The van der Waals surface area contributed by atoms with Gasteiger partial charge < -0.3 is 4.74 Å². The first-order valence-electron chi connectivity index (χ1n) is 15.9. The van der Waals surface area contributed by atoms with Gasteiger partial charge >= 0.3 is 0 Å². The third-order valence-corrected chi connectivity index (χ3v) is 8.80. The Kier molecular flexibility index (Phi) is 9.57. The van der Waals surface area contributed by atoms with E-state index in [0.29, 0.717) is 5.92 Å².